The molecule has 0 heterocycles. The fourth-order valence-electron chi connectivity index (χ4n) is 4.11. The first kappa shape index (κ1) is 17.3. The van der Waals surface area contributed by atoms with Crippen LogP contribution in [0.2, 0.25) is 0 Å². The lowest BCUT2D eigenvalue weighted by Crippen LogP contribution is -2.29. The predicted octanol–water partition coefficient (Wildman–Crippen LogP) is 5.44. The van der Waals surface area contributed by atoms with Gasteiger partial charge in [0.2, 0.25) is 0 Å². The summed E-state index contributed by atoms with van der Waals surface area (Å²) < 4.78 is 5.69. The van der Waals surface area contributed by atoms with Gasteiger partial charge in [0.15, 0.2) is 0 Å². The molecule has 0 N–H and O–H groups in total. The Morgan fingerprint density at radius 3 is 2.50 bits per heavy atom. The van der Waals surface area contributed by atoms with E-state index in [-0.39, 0.29) is 12.1 Å². The van der Waals surface area contributed by atoms with Crippen LogP contribution >= 0.6 is 0 Å². The van der Waals surface area contributed by atoms with Crippen LogP contribution in [0, 0.1) is 17.8 Å². The minimum atomic E-state index is -0.250. The van der Waals surface area contributed by atoms with Crippen LogP contribution in [0.1, 0.15) is 71.1 Å². The van der Waals surface area contributed by atoms with Gasteiger partial charge in [-0.25, -0.2) is 4.79 Å². The first-order chi connectivity index (χ1) is 10.7. The smallest absolute Gasteiger partial charge is 0.330 e. The second-order valence-electron chi connectivity index (χ2n) is 7.03. The topological polar surface area (TPSA) is 26.3 Å². The van der Waals surface area contributed by atoms with Gasteiger partial charge in [-0.05, 0) is 37.5 Å². The molecule has 0 aliphatic heterocycles. The van der Waals surface area contributed by atoms with Gasteiger partial charge in [-0.3, -0.25) is 0 Å². The maximum Gasteiger partial charge on any atom is 0.330 e. The van der Waals surface area contributed by atoms with Crippen molar-refractivity contribution in [1.82, 2.24) is 0 Å². The third kappa shape index (κ3) is 5.00. The monoisotopic (exact) mass is 304 g/mol. The van der Waals surface area contributed by atoms with Crippen molar-refractivity contribution in [3.63, 3.8) is 0 Å². The Balaban J connectivity index is 1.72. The molecule has 0 aromatic rings. The maximum atomic E-state index is 11.6. The van der Waals surface area contributed by atoms with Gasteiger partial charge in [-0.15, -0.1) is 0 Å². The highest BCUT2D eigenvalue weighted by molar-refractivity contribution is 5.81. The molecule has 1 saturated carbocycles. The number of rotatable bonds is 11. The Bertz CT molecular complexity index is 385. The van der Waals surface area contributed by atoms with Crippen LogP contribution in [0.5, 0.6) is 0 Å². The molecule has 4 atom stereocenters. The summed E-state index contributed by atoms with van der Waals surface area (Å²) in [6.07, 6.45) is 18.7. The molecule has 0 aromatic carbocycles. The number of allylic oxidation sites excluding steroid dienone is 2. The summed E-state index contributed by atoms with van der Waals surface area (Å²) in [5, 5.41) is 0. The number of fused-ring (bicyclic) bond motifs is 2. The van der Waals surface area contributed by atoms with Gasteiger partial charge in [0.05, 0.1) is 0 Å². The van der Waals surface area contributed by atoms with Crippen LogP contribution in [0.15, 0.2) is 24.8 Å². The number of carbonyl (C=O) groups is 1. The Kier molecular flexibility index (Phi) is 7.21. The predicted molar refractivity (Wildman–Crippen MR) is 91.5 cm³/mol. The summed E-state index contributed by atoms with van der Waals surface area (Å²) in [6.45, 7) is 5.79. The van der Waals surface area contributed by atoms with Crippen molar-refractivity contribution in [1.29, 1.82) is 0 Å². The van der Waals surface area contributed by atoms with Crippen molar-refractivity contribution in [2.75, 3.05) is 0 Å². The first-order valence-corrected chi connectivity index (χ1v) is 9.26. The number of hydrogen-bond donors (Lipinski definition) is 0. The van der Waals surface area contributed by atoms with E-state index in [4.69, 9.17) is 4.74 Å². The van der Waals surface area contributed by atoms with Crippen LogP contribution in [-0.4, -0.2) is 12.1 Å². The lowest BCUT2D eigenvalue weighted by molar-refractivity contribution is -0.146. The van der Waals surface area contributed by atoms with Gasteiger partial charge in [0.1, 0.15) is 6.10 Å². The second-order valence-corrected chi connectivity index (χ2v) is 7.03. The van der Waals surface area contributed by atoms with Gasteiger partial charge in [0, 0.05) is 12.0 Å². The fourth-order valence-corrected chi connectivity index (χ4v) is 4.11. The number of ether oxygens (including phenoxy) is 1. The van der Waals surface area contributed by atoms with Crippen LogP contribution in [-0.2, 0) is 9.53 Å². The average Bonchev–Trinajstić information content (AvgIpc) is 3.15. The Labute approximate surface area is 136 Å². The van der Waals surface area contributed by atoms with Crippen LogP contribution in [0.25, 0.3) is 0 Å². The normalized spacial score (nSPS) is 27.0. The SMILES string of the molecule is C=CC(=O)OC(CCCCCCCCC)C1CC2C=CC1C2. The highest BCUT2D eigenvalue weighted by atomic mass is 16.5. The number of unbranched alkanes of at least 4 members (excludes halogenated alkanes) is 6. The zero-order valence-corrected chi connectivity index (χ0v) is 14.1. The van der Waals surface area contributed by atoms with E-state index in [1.165, 1.54) is 63.9 Å². The lowest BCUT2D eigenvalue weighted by atomic mass is 9.86. The van der Waals surface area contributed by atoms with Gasteiger partial charge in [0.25, 0.3) is 0 Å². The molecule has 0 aromatic heterocycles. The molecule has 2 heteroatoms. The van der Waals surface area contributed by atoms with Gasteiger partial charge >= 0.3 is 5.97 Å². The van der Waals surface area contributed by atoms with E-state index in [1.807, 2.05) is 0 Å². The second kappa shape index (κ2) is 9.17. The van der Waals surface area contributed by atoms with Crippen molar-refractivity contribution in [2.45, 2.75) is 77.2 Å². The Morgan fingerprint density at radius 2 is 1.91 bits per heavy atom. The van der Waals surface area contributed by atoms with E-state index >= 15 is 0 Å². The van der Waals surface area contributed by atoms with Crippen molar-refractivity contribution >= 4 is 5.97 Å². The van der Waals surface area contributed by atoms with E-state index in [2.05, 4.69) is 25.7 Å². The average molecular weight is 304 g/mol. The molecule has 0 spiro atoms. The molecule has 124 valence electrons. The highest BCUT2D eigenvalue weighted by Crippen LogP contribution is 2.46. The van der Waals surface area contributed by atoms with E-state index < -0.39 is 0 Å². The molecular formula is C20H32O2. The molecule has 22 heavy (non-hydrogen) atoms. The summed E-state index contributed by atoms with van der Waals surface area (Å²) >= 11 is 0. The molecule has 1 fully saturated rings. The van der Waals surface area contributed by atoms with E-state index in [0.29, 0.717) is 11.8 Å². The van der Waals surface area contributed by atoms with Crippen molar-refractivity contribution in [2.24, 2.45) is 17.8 Å². The molecule has 2 aliphatic rings. The summed E-state index contributed by atoms with van der Waals surface area (Å²) in [5.74, 6) is 1.66. The van der Waals surface area contributed by atoms with Crippen molar-refractivity contribution < 1.29 is 9.53 Å². The van der Waals surface area contributed by atoms with Gasteiger partial charge < -0.3 is 4.74 Å². The molecule has 0 amide bonds. The summed E-state index contributed by atoms with van der Waals surface area (Å²) in [7, 11) is 0. The van der Waals surface area contributed by atoms with E-state index in [0.717, 1.165) is 12.3 Å². The number of hydrogen-bond acceptors (Lipinski definition) is 2. The quantitative estimate of drug-likeness (QED) is 0.220. The van der Waals surface area contributed by atoms with Gasteiger partial charge in [-0.1, -0.05) is 64.2 Å². The standard InChI is InChI=1S/C20H32O2/c1-3-5-6-7-8-9-10-11-19(22-20(21)4-2)18-15-16-12-13-17(18)14-16/h4,12-13,16-19H,2-3,5-11,14-15H2,1H3. The van der Waals surface area contributed by atoms with E-state index in [9.17, 15) is 4.79 Å². The van der Waals surface area contributed by atoms with Crippen molar-refractivity contribution in [3.8, 4) is 0 Å². The van der Waals surface area contributed by atoms with Crippen LogP contribution < -0.4 is 0 Å². The lowest BCUT2D eigenvalue weighted by Gasteiger charge is -2.28. The fraction of sp³-hybridized carbons (Fsp3) is 0.750. The third-order valence-corrected chi connectivity index (χ3v) is 5.33. The molecule has 2 nitrogen and oxygen atoms in total. The molecule has 2 bridgehead atoms. The maximum absolute atomic E-state index is 11.6. The molecule has 2 aliphatic carbocycles. The number of esters is 1. The van der Waals surface area contributed by atoms with Crippen LogP contribution in [0.3, 0.4) is 0 Å². The zero-order chi connectivity index (χ0) is 15.8. The molecular weight excluding hydrogens is 272 g/mol. The largest absolute Gasteiger partial charge is 0.459 e. The molecule has 4 unspecified atom stereocenters. The van der Waals surface area contributed by atoms with Gasteiger partial charge in [-0.2, -0.15) is 0 Å². The summed E-state index contributed by atoms with van der Waals surface area (Å²) in [6, 6.07) is 0. The van der Waals surface area contributed by atoms with Crippen LogP contribution in [0.4, 0.5) is 0 Å². The highest BCUT2D eigenvalue weighted by Gasteiger charge is 2.41. The van der Waals surface area contributed by atoms with E-state index in [1.54, 1.807) is 0 Å². The molecule has 2 rings (SSSR count). The minimum absolute atomic E-state index is 0.0982. The summed E-state index contributed by atoms with van der Waals surface area (Å²) in [4.78, 5) is 11.6. The molecule has 0 radical (unpaired) electrons. The Morgan fingerprint density at radius 1 is 1.18 bits per heavy atom. The zero-order valence-electron chi connectivity index (χ0n) is 14.1. The third-order valence-electron chi connectivity index (χ3n) is 5.33. The summed E-state index contributed by atoms with van der Waals surface area (Å²) in [5.41, 5.74) is 0. The van der Waals surface area contributed by atoms with Crippen molar-refractivity contribution in [3.05, 3.63) is 24.8 Å². The Hall–Kier alpha value is -1.05. The first-order valence-electron chi connectivity index (χ1n) is 9.26. The number of carbonyl (C=O) groups excluding carboxylic acids is 1. The molecule has 0 saturated heterocycles. The minimum Gasteiger partial charge on any atom is -0.459 e.